The molecule has 118 valence electrons. The summed E-state index contributed by atoms with van der Waals surface area (Å²) in [6.07, 6.45) is 4.21. The normalized spacial score (nSPS) is 18.6. The molecule has 1 unspecified atom stereocenters. The highest BCUT2D eigenvalue weighted by atomic mass is 16.5. The minimum atomic E-state index is 0.190. The van der Waals surface area contributed by atoms with Gasteiger partial charge in [-0.25, -0.2) is 9.97 Å². The van der Waals surface area contributed by atoms with Crippen molar-refractivity contribution in [3.8, 4) is 0 Å². The van der Waals surface area contributed by atoms with Crippen molar-refractivity contribution in [3.63, 3.8) is 0 Å². The zero-order chi connectivity index (χ0) is 15.5. The van der Waals surface area contributed by atoms with Gasteiger partial charge in [0, 0.05) is 30.5 Å². The van der Waals surface area contributed by atoms with E-state index in [1.165, 1.54) is 17.7 Å². The van der Waals surface area contributed by atoms with Crippen LogP contribution in [-0.2, 0) is 24.0 Å². The summed E-state index contributed by atoms with van der Waals surface area (Å²) in [6, 6.07) is 0. The Bertz CT molecular complexity index is 480. The van der Waals surface area contributed by atoms with Gasteiger partial charge in [-0.3, -0.25) is 0 Å². The lowest BCUT2D eigenvalue weighted by molar-refractivity contribution is 0.200. The summed E-state index contributed by atoms with van der Waals surface area (Å²) in [4.78, 5) is 9.40. The Morgan fingerprint density at radius 3 is 2.71 bits per heavy atom. The molecule has 1 heterocycles. The second kappa shape index (κ2) is 6.84. The number of ether oxygens (including phenoxy) is 1. The van der Waals surface area contributed by atoms with Gasteiger partial charge in [-0.1, -0.05) is 0 Å². The van der Waals surface area contributed by atoms with Gasteiger partial charge in [0.25, 0.3) is 0 Å². The maximum Gasteiger partial charge on any atom is 0.131 e. The van der Waals surface area contributed by atoms with E-state index < -0.39 is 0 Å². The van der Waals surface area contributed by atoms with Crippen LogP contribution in [0.1, 0.15) is 50.0 Å². The van der Waals surface area contributed by atoms with Gasteiger partial charge >= 0.3 is 0 Å². The van der Waals surface area contributed by atoms with Crippen molar-refractivity contribution >= 4 is 0 Å². The smallest absolute Gasteiger partial charge is 0.131 e. The molecule has 1 aliphatic rings. The molecule has 0 radical (unpaired) electrons. The largest absolute Gasteiger partial charge is 0.384 e. The minimum Gasteiger partial charge on any atom is -0.384 e. The summed E-state index contributed by atoms with van der Waals surface area (Å²) in [5.41, 5.74) is 3.99. The first-order valence-corrected chi connectivity index (χ1v) is 7.98. The standard InChI is InChI=1S/C17H29N3O/c1-12-14-10-13(11-18-17(2,3)4)6-7-15(14)20-16(19-12)8-9-21-5/h13,18H,6-11H2,1-5H3. The van der Waals surface area contributed by atoms with E-state index in [0.29, 0.717) is 12.5 Å². The number of rotatable bonds is 5. The second-order valence-corrected chi connectivity index (χ2v) is 7.13. The molecule has 0 spiro atoms. The number of nitrogens with one attached hydrogen (secondary N) is 1. The van der Waals surface area contributed by atoms with Crippen LogP contribution in [0.5, 0.6) is 0 Å². The Hall–Kier alpha value is -1.00. The Kier molecular flexibility index (Phi) is 5.33. The average Bonchev–Trinajstić information content (AvgIpc) is 2.42. The van der Waals surface area contributed by atoms with E-state index in [1.54, 1.807) is 7.11 Å². The van der Waals surface area contributed by atoms with Gasteiger partial charge in [0.1, 0.15) is 5.82 Å². The maximum atomic E-state index is 5.12. The molecular weight excluding hydrogens is 262 g/mol. The SMILES string of the molecule is COCCc1nc(C)c2c(n1)CCC(CNC(C)(C)C)C2. The molecule has 0 saturated carbocycles. The quantitative estimate of drug-likeness (QED) is 0.905. The van der Waals surface area contributed by atoms with Crippen molar-refractivity contribution in [2.24, 2.45) is 5.92 Å². The van der Waals surface area contributed by atoms with E-state index in [1.807, 2.05) is 0 Å². The molecule has 4 nitrogen and oxygen atoms in total. The van der Waals surface area contributed by atoms with Gasteiger partial charge in [-0.2, -0.15) is 0 Å². The van der Waals surface area contributed by atoms with Crippen LogP contribution in [0.15, 0.2) is 0 Å². The lowest BCUT2D eigenvalue weighted by Crippen LogP contribution is -2.40. The van der Waals surface area contributed by atoms with Crippen LogP contribution in [0.25, 0.3) is 0 Å². The zero-order valence-corrected chi connectivity index (χ0v) is 14.1. The lowest BCUT2D eigenvalue weighted by atomic mass is 9.85. The van der Waals surface area contributed by atoms with Crippen LogP contribution in [0, 0.1) is 12.8 Å². The van der Waals surface area contributed by atoms with E-state index in [9.17, 15) is 0 Å². The van der Waals surface area contributed by atoms with Gasteiger partial charge in [-0.05, 0) is 65.0 Å². The van der Waals surface area contributed by atoms with Crippen LogP contribution >= 0.6 is 0 Å². The number of hydrogen-bond donors (Lipinski definition) is 1. The predicted octanol–water partition coefficient (Wildman–Crippen LogP) is 2.47. The molecular formula is C17H29N3O. The fraction of sp³-hybridized carbons (Fsp3) is 0.765. The van der Waals surface area contributed by atoms with Crippen molar-refractivity contribution in [1.82, 2.24) is 15.3 Å². The summed E-state index contributed by atoms with van der Waals surface area (Å²) < 4.78 is 5.12. The molecule has 21 heavy (non-hydrogen) atoms. The van der Waals surface area contributed by atoms with Crippen molar-refractivity contribution < 1.29 is 4.74 Å². The lowest BCUT2D eigenvalue weighted by Gasteiger charge is -2.29. The number of fused-ring (bicyclic) bond motifs is 1. The van der Waals surface area contributed by atoms with Crippen LogP contribution < -0.4 is 5.32 Å². The summed E-state index contributed by atoms with van der Waals surface area (Å²) in [5.74, 6) is 1.63. The van der Waals surface area contributed by atoms with Gasteiger partial charge < -0.3 is 10.1 Å². The summed E-state index contributed by atoms with van der Waals surface area (Å²) in [7, 11) is 1.72. The molecule has 1 aromatic rings. The highest BCUT2D eigenvalue weighted by Crippen LogP contribution is 2.26. The average molecular weight is 291 g/mol. The van der Waals surface area contributed by atoms with E-state index in [0.717, 1.165) is 37.3 Å². The van der Waals surface area contributed by atoms with Crippen molar-refractivity contribution in [2.45, 2.75) is 58.9 Å². The Labute approximate surface area is 128 Å². The fourth-order valence-electron chi connectivity index (χ4n) is 2.85. The predicted molar refractivity (Wildman–Crippen MR) is 85.6 cm³/mol. The number of hydrogen-bond acceptors (Lipinski definition) is 4. The highest BCUT2D eigenvalue weighted by molar-refractivity contribution is 5.28. The fourth-order valence-corrected chi connectivity index (χ4v) is 2.85. The van der Waals surface area contributed by atoms with E-state index in [4.69, 9.17) is 9.72 Å². The third kappa shape index (κ3) is 4.75. The molecule has 0 amide bonds. The number of aryl methyl sites for hydroxylation is 2. The van der Waals surface area contributed by atoms with E-state index in [2.05, 4.69) is 38.0 Å². The van der Waals surface area contributed by atoms with Gasteiger partial charge in [0.15, 0.2) is 0 Å². The van der Waals surface area contributed by atoms with Gasteiger partial charge in [-0.15, -0.1) is 0 Å². The Morgan fingerprint density at radius 1 is 1.29 bits per heavy atom. The maximum absolute atomic E-state index is 5.12. The van der Waals surface area contributed by atoms with Crippen molar-refractivity contribution in [3.05, 3.63) is 22.8 Å². The zero-order valence-electron chi connectivity index (χ0n) is 14.1. The molecule has 0 aromatic carbocycles. The van der Waals surface area contributed by atoms with Crippen LogP contribution in [0.2, 0.25) is 0 Å². The van der Waals surface area contributed by atoms with Crippen LogP contribution in [-0.4, -0.2) is 35.8 Å². The molecule has 1 N–H and O–H groups in total. The Balaban J connectivity index is 2.04. The first-order valence-electron chi connectivity index (χ1n) is 7.98. The molecule has 0 bridgehead atoms. The van der Waals surface area contributed by atoms with Crippen LogP contribution in [0.3, 0.4) is 0 Å². The highest BCUT2D eigenvalue weighted by Gasteiger charge is 2.23. The Morgan fingerprint density at radius 2 is 2.05 bits per heavy atom. The molecule has 1 aromatic heterocycles. The van der Waals surface area contributed by atoms with Gasteiger partial charge in [0.2, 0.25) is 0 Å². The molecule has 2 rings (SSSR count). The monoisotopic (exact) mass is 291 g/mol. The number of nitrogens with zero attached hydrogens (tertiary/aromatic N) is 2. The van der Waals surface area contributed by atoms with Gasteiger partial charge in [0.05, 0.1) is 6.61 Å². The number of aromatic nitrogens is 2. The first kappa shape index (κ1) is 16.4. The topological polar surface area (TPSA) is 47.0 Å². The minimum absolute atomic E-state index is 0.190. The van der Waals surface area contributed by atoms with Crippen molar-refractivity contribution in [2.75, 3.05) is 20.3 Å². The third-order valence-electron chi connectivity index (χ3n) is 4.08. The van der Waals surface area contributed by atoms with E-state index in [-0.39, 0.29) is 5.54 Å². The second-order valence-electron chi connectivity index (χ2n) is 7.13. The summed E-state index contributed by atoms with van der Waals surface area (Å²) in [5, 5.41) is 3.62. The van der Waals surface area contributed by atoms with E-state index >= 15 is 0 Å². The third-order valence-corrected chi connectivity index (χ3v) is 4.08. The van der Waals surface area contributed by atoms with Crippen molar-refractivity contribution in [1.29, 1.82) is 0 Å². The summed E-state index contributed by atoms with van der Waals surface area (Å²) >= 11 is 0. The van der Waals surface area contributed by atoms with Crippen LogP contribution in [0.4, 0.5) is 0 Å². The molecule has 0 saturated heterocycles. The first-order chi connectivity index (χ1) is 9.89. The molecule has 1 atom stereocenters. The molecule has 1 aliphatic carbocycles. The summed E-state index contributed by atoms with van der Waals surface area (Å²) in [6.45, 7) is 10.6. The molecule has 0 aliphatic heterocycles. The molecule has 4 heteroatoms. The molecule has 0 fully saturated rings. The number of methoxy groups -OCH3 is 1.